The number of amides is 4. The fourth-order valence-electron chi connectivity index (χ4n) is 1.53. The van der Waals surface area contributed by atoms with Crippen LogP contribution in [0.3, 0.4) is 0 Å². The molecule has 2 N–H and O–H groups in total. The van der Waals surface area contributed by atoms with E-state index in [0.717, 1.165) is 12.6 Å². The third-order valence-corrected chi connectivity index (χ3v) is 4.43. The van der Waals surface area contributed by atoms with Crippen molar-refractivity contribution in [3.63, 3.8) is 0 Å². The van der Waals surface area contributed by atoms with Gasteiger partial charge in [-0.3, -0.25) is 5.32 Å². The van der Waals surface area contributed by atoms with E-state index in [2.05, 4.69) is 5.32 Å². The van der Waals surface area contributed by atoms with E-state index in [4.69, 9.17) is 0 Å². The maximum atomic E-state index is 12.3. The van der Waals surface area contributed by atoms with Crippen LogP contribution in [0.25, 0.3) is 0 Å². The number of nitrogens with one attached hydrogen (secondary N) is 2. The second kappa shape index (κ2) is 6.35. The van der Waals surface area contributed by atoms with E-state index in [1.165, 1.54) is 12.1 Å². The smallest absolute Gasteiger partial charge is 0.333 e. The highest BCUT2D eigenvalue weighted by Crippen LogP contribution is 2.15. The van der Waals surface area contributed by atoms with Crippen LogP contribution in [0.2, 0.25) is 0 Å². The molecule has 4 amide bonds. The van der Waals surface area contributed by atoms with Crippen molar-refractivity contribution in [1.82, 2.24) is 14.9 Å². The Kier molecular flexibility index (Phi) is 5.18. The second-order valence-corrected chi connectivity index (χ2v) is 7.89. The first-order valence-corrected chi connectivity index (χ1v) is 8.06. The van der Waals surface area contributed by atoms with Crippen molar-refractivity contribution in [3.05, 3.63) is 29.8 Å². The summed E-state index contributed by atoms with van der Waals surface area (Å²) in [5.41, 5.74) is 0.356. The topological polar surface area (TPSA) is 95.6 Å². The molecule has 0 heterocycles. The zero-order valence-electron chi connectivity index (χ0n) is 13.3. The molecule has 122 valence electrons. The number of nitrogens with zero attached hydrogens (tertiary/aromatic N) is 1. The molecular weight excluding hydrogens is 306 g/mol. The van der Waals surface area contributed by atoms with Gasteiger partial charge in [-0.05, 0) is 39.8 Å². The number of benzene rings is 1. The fraction of sp³-hybridized carbons (Fsp3) is 0.429. The molecule has 0 aromatic heterocycles. The molecule has 0 spiro atoms. The Hall–Kier alpha value is -2.09. The SMILES string of the molecule is Cc1ccc(S(=O)(=O)N(C)C(=O)NC(=O)NC(C)(C)C)cc1. The highest BCUT2D eigenvalue weighted by atomic mass is 32.2. The van der Waals surface area contributed by atoms with Gasteiger partial charge in [-0.15, -0.1) is 0 Å². The van der Waals surface area contributed by atoms with Crippen LogP contribution >= 0.6 is 0 Å². The largest absolute Gasteiger partial charge is 0.339 e. The molecule has 1 aromatic carbocycles. The van der Waals surface area contributed by atoms with Gasteiger partial charge in [-0.25, -0.2) is 22.3 Å². The molecule has 0 aliphatic carbocycles. The zero-order chi connectivity index (χ0) is 17.1. The van der Waals surface area contributed by atoms with Gasteiger partial charge in [0.15, 0.2) is 0 Å². The van der Waals surface area contributed by atoms with Crippen molar-refractivity contribution >= 4 is 22.1 Å². The lowest BCUT2D eigenvalue weighted by Crippen LogP contribution is -2.52. The van der Waals surface area contributed by atoms with E-state index in [-0.39, 0.29) is 4.90 Å². The van der Waals surface area contributed by atoms with Gasteiger partial charge >= 0.3 is 12.1 Å². The highest BCUT2D eigenvalue weighted by molar-refractivity contribution is 7.89. The van der Waals surface area contributed by atoms with Crippen LogP contribution in [0, 0.1) is 6.92 Å². The Labute approximate surface area is 130 Å². The molecular formula is C14H21N3O4S. The van der Waals surface area contributed by atoms with Gasteiger partial charge in [-0.1, -0.05) is 17.7 Å². The number of hydrogen-bond acceptors (Lipinski definition) is 4. The normalized spacial score (nSPS) is 11.7. The quantitative estimate of drug-likeness (QED) is 0.866. The number of sulfonamides is 1. The van der Waals surface area contributed by atoms with Crippen molar-refractivity contribution in [1.29, 1.82) is 0 Å². The molecule has 0 aliphatic heterocycles. The standard InChI is InChI=1S/C14H21N3O4S/c1-10-6-8-11(9-7-10)22(20,21)17(5)13(19)15-12(18)16-14(2,3)4/h6-9H,1-5H3,(H2,15,16,18,19). The van der Waals surface area contributed by atoms with E-state index >= 15 is 0 Å². The van der Waals surface area contributed by atoms with Crippen LogP contribution in [0.5, 0.6) is 0 Å². The third kappa shape index (κ3) is 4.73. The van der Waals surface area contributed by atoms with Gasteiger partial charge < -0.3 is 5.32 Å². The molecule has 1 aromatic rings. The van der Waals surface area contributed by atoms with Gasteiger partial charge in [-0.2, -0.15) is 0 Å². The Morgan fingerprint density at radius 1 is 1.09 bits per heavy atom. The summed E-state index contributed by atoms with van der Waals surface area (Å²) in [6.07, 6.45) is 0. The summed E-state index contributed by atoms with van der Waals surface area (Å²) in [4.78, 5) is 23.5. The Bertz CT molecular complexity index is 660. The Morgan fingerprint density at radius 2 is 1.59 bits per heavy atom. The number of hydrogen-bond donors (Lipinski definition) is 2. The van der Waals surface area contributed by atoms with Gasteiger partial charge in [0, 0.05) is 12.6 Å². The lowest BCUT2D eigenvalue weighted by atomic mass is 10.1. The average molecular weight is 327 g/mol. The van der Waals surface area contributed by atoms with Crippen LogP contribution in [0.4, 0.5) is 9.59 Å². The van der Waals surface area contributed by atoms with Crippen molar-refractivity contribution in [2.24, 2.45) is 0 Å². The lowest BCUT2D eigenvalue weighted by Gasteiger charge is -2.22. The van der Waals surface area contributed by atoms with Crippen molar-refractivity contribution in [2.45, 2.75) is 38.1 Å². The van der Waals surface area contributed by atoms with Gasteiger partial charge in [0.05, 0.1) is 4.90 Å². The summed E-state index contributed by atoms with van der Waals surface area (Å²) in [6, 6.07) is 4.29. The molecule has 0 saturated carbocycles. The minimum Gasteiger partial charge on any atom is -0.333 e. The monoisotopic (exact) mass is 327 g/mol. The molecule has 22 heavy (non-hydrogen) atoms. The second-order valence-electron chi connectivity index (χ2n) is 5.92. The van der Waals surface area contributed by atoms with Crippen molar-refractivity contribution < 1.29 is 18.0 Å². The summed E-state index contributed by atoms with van der Waals surface area (Å²) >= 11 is 0. The maximum absolute atomic E-state index is 12.3. The van der Waals surface area contributed by atoms with Crippen molar-refractivity contribution in [3.8, 4) is 0 Å². The molecule has 8 heteroatoms. The van der Waals surface area contributed by atoms with E-state index in [1.807, 2.05) is 12.2 Å². The minimum atomic E-state index is -4.00. The van der Waals surface area contributed by atoms with Crippen molar-refractivity contribution in [2.75, 3.05) is 7.05 Å². The number of urea groups is 2. The predicted molar refractivity (Wildman–Crippen MR) is 82.9 cm³/mol. The molecule has 0 radical (unpaired) electrons. The Balaban J connectivity index is 2.86. The molecule has 0 bridgehead atoms. The summed E-state index contributed by atoms with van der Waals surface area (Å²) in [5, 5.41) is 4.49. The Morgan fingerprint density at radius 3 is 2.05 bits per heavy atom. The number of imide groups is 1. The first-order valence-electron chi connectivity index (χ1n) is 6.62. The van der Waals surface area contributed by atoms with Crippen LogP contribution < -0.4 is 10.6 Å². The number of rotatable bonds is 2. The summed E-state index contributed by atoms with van der Waals surface area (Å²) in [5.74, 6) is 0. The van der Waals surface area contributed by atoms with Crippen LogP contribution in [-0.2, 0) is 10.0 Å². The molecule has 0 atom stereocenters. The number of carbonyl (C=O) groups is 2. The zero-order valence-corrected chi connectivity index (χ0v) is 14.1. The van der Waals surface area contributed by atoms with E-state index in [1.54, 1.807) is 32.9 Å². The van der Waals surface area contributed by atoms with E-state index in [9.17, 15) is 18.0 Å². The summed E-state index contributed by atoms with van der Waals surface area (Å²) in [6.45, 7) is 7.04. The van der Waals surface area contributed by atoms with Crippen LogP contribution in [0.1, 0.15) is 26.3 Å². The van der Waals surface area contributed by atoms with E-state index in [0.29, 0.717) is 4.31 Å². The molecule has 7 nitrogen and oxygen atoms in total. The van der Waals surface area contributed by atoms with Crippen LogP contribution in [-0.4, -0.2) is 37.4 Å². The number of aryl methyl sites for hydroxylation is 1. The van der Waals surface area contributed by atoms with Gasteiger partial charge in [0.25, 0.3) is 10.0 Å². The summed E-state index contributed by atoms with van der Waals surface area (Å²) < 4.78 is 25.1. The average Bonchev–Trinajstić information content (AvgIpc) is 2.35. The predicted octanol–water partition coefficient (Wildman–Crippen LogP) is 1.83. The molecule has 0 fully saturated rings. The minimum absolute atomic E-state index is 0.0213. The summed E-state index contributed by atoms with van der Waals surface area (Å²) in [7, 11) is -2.91. The number of carbonyl (C=O) groups excluding carboxylic acids is 2. The van der Waals surface area contributed by atoms with Gasteiger partial charge in [0.2, 0.25) is 0 Å². The van der Waals surface area contributed by atoms with Gasteiger partial charge in [0.1, 0.15) is 0 Å². The van der Waals surface area contributed by atoms with Crippen LogP contribution in [0.15, 0.2) is 29.2 Å². The first-order chi connectivity index (χ1) is 9.93. The molecule has 0 saturated heterocycles. The molecule has 0 aliphatic rings. The lowest BCUT2D eigenvalue weighted by molar-refractivity contribution is 0.215. The third-order valence-electron chi connectivity index (χ3n) is 2.67. The van der Waals surface area contributed by atoms with E-state index < -0.39 is 27.6 Å². The molecule has 1 rings (SSSR count). The molecule has 0 unspecified atom stereocenters. The maximum Gasteiger partial charge on any atom is 0.339 e. The fourth-order valence-corrected chi connectivity index (χ4v) is 2.59. The highest BCUT2D eigenvalue weighted by Gasteiger charge is 2.27. The first kappa shape index (κ1) is 18.0.